The fourth-order valence-corrected chi connectivity index (χ4v) is 0.149. The van der Waals surface area contributed by atoms with Crippen LogP contribution in [0.1, 0.15) is 6.92 Å². The number of nitrogens with zero attached hydrogens (tertiary/aromatic N) is 1. The van der Waals surface area contributed by atoms with E-state index >= 15 is 0 Å². The summed E-state index contributed by atoms with van der Waals surface area (Å²) in [6, 6.07) is 0. The second-order valence-corrected chi connectivity index (χ2v) is 0.819. The van der Waals surface area contributed by atoms with Crippen LogP contribution in [0.25, 0.3) is 0 Å². The van der Waals surface area contributed by atoms with Gasteiger partial charge in [-0.1, -0.05) is 0 Å². The van der Waals surface area contributed by atoms with Crippen molar-refractivity contribution in [2.45, 2.75) is 6.92 Å². The molecule has 0 saturated heterocycles. The van der Waals surface area contributed by atoms with Gasteiger partial charge in [0.1, 0.15) is 0 Å². The van der Waals surface area contributed by atoms with Gasteiger partial charge in [0.05, 0.1) is 0 Å². The molecule has 0 aliphatic rings. The van der Waals surface area contributed by atoms with Crippen LogP contribution in [0.4, 0.5) is 0 Å². The number of hydrogen-bond acceptors (Lipinski definition) is 2. The molecule has 6 heavy (non-hydrogen) atoms. The van der Waals surface area contributed by atoms with Crippen molar-refractivity contribution in [2.75, 3.05) is 13.7 Å². The molecular weight excluding hydrogens is 76.9 g/mol. The van der Waals surface area contributed by atoms with Crippen LogP contribution in [0.5, 0.6) is 0 Å². The fraction of sp³-hybridized carbons (Fsp3) is 1.00. The molecule has 0 amide bonds. The van der Waals surface area contributed by atoms with Gasteiger partial charge in [-0.3, -0.25) is 0 Å². The SMILES string of the molecule is CCOB=NC. The Morgan fingerprint density at radius 2 is 2.50 bits per heavy atom. The van der Waals surface area contributed by atoms with E-state index in [-0.39, 0.29) is 0 Å². The van der Waals surface area contributed by atoms with E-state index in [0.717, 1.165) is 0 Å². The molecule has 0 heterocycles. The molecule has 0 aliphatic heterocycles. The summed E-state index contributed by atoms with van der Waals surface area (Å²) in [5.74, 6) is 0. The third-order valence-corrected chi connectivity index (χ3v) is 0.347. The van der Waals surface area contributed by atoms with Crippen molar-refractivity contribution in [3.8, 4) is 0 Å². The van der Waals surface area contributed by atoms with E-state index in [1.807, 2.05) is 6.92 Å². The van der Waals surface area contributed by atoms with Gasteiger partial charge in [0.15, 0.2) is 0 Å². The third kappa shape index (κ3) is 3.66. The second-order valence-electron chi connectivity index (χ2n) is 0.819. The van der Waals surface area contributed by atoms with Crippen LogP contribution in [0.2, 0.25) is 0 Å². The minimum absolute atomic E-state index is 0.706. The summed E-state index contributed by atoms with van der Waals surface area (Å²) >= 11 is 0. The van der Waals surface area contributed by atoms with E-state index in [9.17, 15) is 0 Å². The van der Waals surface area contributed by atoms with Crippen molar-refractivity contribution < 1.29 is 4.65 Å². The van der Waals surface area contributed by atoms with Crippen molar-refractivity contribution in [3.05, 3.63) is 0 Å². The molecule has 0 rings (SSSR count). The molecule has 0 aromatic rings. The molecule has 34 valence electrons. The predicted molar refractivity (Wildman–Crippen MR) is 25.7 cm³/mol. The average molecular weight is 84.9 g/mol. The molecule has 0 saturated carbocycles. The Balaban J connectivity index is 2.66. The maximum atomic E-state index is 4.69. The van der Waals surface area contributed by atoms with Gasteiger partial charge >= 0.3 is 37.4 Å². The Kier molecular flexibility index (Phi) is 4.40. The average Bonchev–Trinajstić information content (AvgIpc) is 1.61. The van der Waals surface area contributed by atoms with Gasteiger partial charge in [0.25, 0.3) is 0 Å². The molecule has 0 N–H and O–H groups in total. The zero-order chi connectivity index (χ0) is 4.83. The van der Waals surface area contributed by atoms with E-state index < -0.39 is 0 Å². The van der Waals surface area contributed by atoms with Gasteiger partial charge in [-0.05, 0) is 0 Å². The molecule has 3 heteroatoms. The molecular formula is C3H8BNO. The van der Waals surface area contributed by atoms with Gasteiger partial charge in [-0.25, -0.2) is 0 Å². The quantitative estimate of drug-likeness (QED) is 0.446. The minimum atomic E-state index is 0.706. The Morgan fingerprint density at radius 3 is 2.67 bits per heavy atom. The molecule has 0 fully saturated rings. The van der Waals surface area contributed by atoms with E-state index in [1.54, 1.807) is 7.05 Å². The van der Waals surface area contributed by atoms with Gasteiger partial charge in [-0.15, -0.1) is 0 Å². The molecule has 0 aromatic heterocycles. The van der Waals surface area contributed by atoms with Gasteiger partial charge in [0.2, 0.25) is 0 Å². The topological polar surface area (TPSA) is 21.6 Å². The fourth-order valence-electron chi connectivity index (χ4n) is 0.149. The molecule has 0 radical (unpaired) electrons. The summed E-state index contributed by atoms with van der Waals surface area (Å²) in [6.07, 6.45) is 0. The van der Waals surface area contributed by atoms with Gasteiger partial charge < -0.3 is 0 Å². The van der Waals surface area contributed by atoms with Crippen molar-refractivity contribution in [1.82, 2.24) is 0 Å². The molecule has 0 atom stereocenters. The first-order chi connectivity index (χ1) is 2.91. The summed E-state index contributed by atoms with van der Waals surface area (Å²) in [4.78, 5) is 3.58. The summed E-state index contributed by atoms with van der Waals surface area (Å²) in [5.41, 5.74) is 0. The predicted octanol–water partition coefficient (Wildman–Crippen LogP) is 0.456. The first-order valence-electron chi connectivity index (χ1n) is 1.94. The summed E-state index contributed by atoms with van der Waals surface area (Å²) in [7, 11) is 3.11. The molecule has 0 unspecified atom stereocenters. The Labute approximate surface area is 38.5 Å². The number of rotatable bonds is 2. The van der Waals surface area contributed by atoms with Gasteiger partial charge in [-0.2, -0.15) is 0 Å². The van der Waals surface area contributed by atoms with Crippen LogP contribution >= 0.6 is 0 Å². The van der Waals surface area contributed by atoms with E-state index in [2.05, 4.69) is 4.90 Å². The van der Waals surface area contributed by atoms with Crippen molar-refractivity contribution >= 4 is 7.27 Å². The summed E-state index contributed by atoms with van der Waals surface area (Å²) < 4.78 is 4.69. The molecule has 0 spiro atoms. The Morgan fingerprint density at radius 1 is 1.83 bits per heavy atom. The van der Waals surface area contributed by atoms with Crippen molar-refractivity contribution in [1.29, 1.82) is 0 Å². The van der Waals surface area contributed by atoms with Crippen molar-refractivity contribution in [2.24, 2.45) is 4.90 Å². The van der Waals surface area contributed by atoms with Crippen LogP contribution in [0.15, 0.2) is 4.90 Å². The monoisotopic (exact) mass is 85.1 g/mol. The molecule has 2 nitrogen and oxygen atoms in total. The van der Waals surface area contributed by atoms with E-state index in [4.69, 9.17) is 4.65 Å². The first kappa shape index (κ1) is 5.66. The normalized spacial score (nSPS) is 8.33. The summed E-state index contributed by atoms with van der Waals surface area (Å²) in [5, 5.41) is 0. The van der Waals surface area contributed by atoms with Crippen LogP contribution in [0, 0.1) is 0 Å². The zero-order valence-corrected chi connectivity index (χ0v) is 4.14. The molecule has 0 aliphatic carbocycles. The van der Waals surface area contributed by atoms with Crippen molar-refractivity contribution in [3.63, 3.8) is 0 Å². The summed E-state index contributed by atoms with van der Waals surface area (Å²) in [6.45, 7) is 2.62. The zero-order valence-electron chi connectivity index (χ0n) is 4.14. The maximum absolute atomic E-state index is 4.69. The molecule has 0 bridgehead atoms. The van der Waals surface area contributed by atoms with Crippen LogP contribution < -0.4 is 0 Å². The van der Waals surface area contributed by atoms with Crippen LogP contribution in [-0.4, -0.2) is 20.9 Å². The van der Waals surface area contributed by atoms with Gasteiger partial charge in [0, 0.05) is 0 Å². The van der Waals surface area contributed by atoms with Crippen LogP contribution in [-0.2, 0) is 4.65 Å². The van der Waals surface area contributed by atoms with E-state index in [0.29, 0.717) is 6.61 Å². The van der Waals surface area contributed by atoms with E-state index in [1.165, 1.54) is 7.27 Å². The van der Waals surface area contributed by atoms with Crippen LogP contribution in [0.3, 0.4) is 0 Å². The number of hydrogen-bond donors (Lipinski definition) is 0. The third-order valence-electron chi connectivity index (χ3n) is 0.347. The second kappa shape index (κ2) is 4.66. The first-order valence-corrected chi connectivity index (χ1v) is 1.94. The Bertz CT molecular complexity index is 46.1. The Hall–Kier alpha value is -0.335. The molecule has 0 aromatic carbocycles. The standard InChI is InChI=1S/C3H8BNO/c1-3-6-4-5-2/h3H2,1-2H3.